The standard InChI is InChI=1S/C22H28N4O4S/c1-5-26(6-2)31(28,29)18-10-11-20-19(15-18)24-21(25(20)3)12-13-22(27)23-16-8-7-9-17(14-16)30-4/h7-11,14-15H,5-6,12-13H2,1-4H3,(H,23,27). The molecule has 1 aromatic heterocycles. The van der Waals surface area contributed by atoms with Crippen LogP contribution in [0, 0.1) is 0 Å². The number of amides is 1. The number of nitrogens with one attached hydrogen (secondary N) is 1. The molecule has 0 fully saturated rings. The quantitative estimate of drug-likeness (QED) is 0.547. The second-order valence-electron chi connectivity index (χ2n) is 7.11. The predicted octanol–water partition coefficient (Wildman–Crippen LogP) is 3.18. The number of anilines is 1. The number of carbonyl (C=O) groups excluding carboxylic acids is 1. The summed E-state index contributed by atoms with van der Waals surface area (Å²) in [6.45, 7) is 4.45. The summed E-state index contributed by atoms with van der Waals surface area (Å²) in [5, 5.41) is 2.85. The highest BCUT2D eigenvalue weighted by Gasteiger charge is 2.22. The molecule has 0 spiro atoms. The van der Waals surface area contributed by atoms with Gasteiger partial charge in [-0.25, -0.2) is 13.4 Å². The van der Waals surface area contributed by atoms with Crippen LogP contribution in [0.2, 0.25) is 0 Å². The van der Waals surface area contributed by atoms with E-state index in [0.717, 1.165) is 5.52 Å². The molecule has 1 N–H and O–H groups in total. The van der Waals surface area contributed by atoms with Gasteiger partial charge in [-0.3, -0.25) is 4.79 Å². The molecule has 0 radical (unpaired) electrons. The minimum atomic E-state index is -3.55. The molecule has 0 aliphatic heterocycles. The Labute approximate surface area is 182 Å². The van der Waals surface area contributed by atoms with Gasteiger partial charge >= 0.3 is 0 Å². The molecule has 31 heavy (non-hydrogen) atoms. The van der Waals surface area contributed by atoms with Crippen LogP contribution in [-0.2, 0) is 28.3 Å². The maximum Gasteiger partial charge on any atom is 0.243 e. The van der Waals surface area contributed by atoms with Crippen molar-refractivity contribution in [1.29, 1.82) is 0 Å². The Morgan fingerprint density at radius 1 is 1.16 bits per heavy atom. The zero-order chi connectivity index (χ0) is 22.6. The number of hydrogen-bond acceptors (Lipinski definition) is 5. The number of aryl methyl sites for hydroxylation is 2. The Morgan fingerprint density at radius 2 is 1.90 bits per heavy atom. The summed E-state index contributed by atoms with van der Waals surface area (Å²) in [4.78, 5) is 17.2. The van der Waals surface area contributed by atoms with Gasteiger partial charge in [0.15, 0.2) is 0 Å². The Morgan fingerprint density at radius 3 is 2.58 bits per heavy atom. The van der Waals surface area contributed by atoms with Crippen molar-refractivity contribution in [1.82, 2.24) is 13.9 Å². The smallest absolute Gasteiger partial charge is 0.243 e. The molecule has 0 saturated carbocycles. The molecule has 0 saturated heterocycles. The largest absolute Gasteiger partial charge is 0.497 e. The van der Waals surface area contributed by atoms with E-state index in [9.17, 15) is 13.2 Å². The van der Waals surface area contributed by atoms with E-state index in [4.69, 9.17) is 4.74 Å². The molecule has 0 atom stereocenters. The predicted molar refractivity (Wildman–Crippen MR) is 121 cm³/mol. The minimum Gasteiger partial charge on any atom is -0.497 e. The molecule has 9 heteroatoms. The molecule has 1 amide bonds. The summed E-state index contributed by atoms with van der Waals surface area (Å²) < 4.78 is 34.1. The Bertz CT molecular complexity index is 1180. The molecular weight excluding hydrogens is 416 g/mol. The lowest BCUT2D eigenvalue weighted by molar-refractivity contribution is -0.116. The summed E-state index contributed by atoms with van der Waals surface area (Å²) >= 11 is 0. The molecule has 1 heterocycles. The second kappa shape index (κ2) is 9.49. The second-order valence-corrected chi connectivity index (χ2v) is 9.04. The SMILES string of the molecule is CCN(CC)S(=O)(=O)c1ccc2c(c1)nc(CCC(=O)Nc1cccc(OC)c1)n2C. The third-order valence-corrected chi connectivity index (χ3v) is 7.26. The van der Waals surface area contributed by atoms with Gasteiger partial charge in [-0.1, -0.05) is 19.9 Å². The first-order chi connectivity index (χ1) is 14.8. The van der Waals surface area contributed by atoms with Crippen molar-refractivity contribution >= 4 is 32.7 Å². The van der Waals surface area contributed by atoms with Gasteiger partial charge < -0.3 is 14.6 Å². The molecule has 8 nitrogen and oxygen atoms in total. The highest BCUT2D eigenvalue weighted by molar-refractivity contribution is 7.89. The number of aromatic nitrogens is 2. The van der Waals surface area contributed by atoms with Crippen molar-refractivity contribution < 1.29 is 17.9 Å². The molecule has 2 aromatic carbocycles. The van der Waals surface area contributed by atoms with Gasteiger partial charge in [0.25, 0.3) is 0 Å². The molecule has 166 valence electrons. The third-order valence-electron chi connectivity index (χ3n) is 5.22. The van der Waals surface area contributed by atoms with E-state index in [1.54, 1.807) is 37.4 Å². The van der Waals surface area contributed by atoms with Crippen LogP contribution in [0.25, 0.3) is 11.0 Å². The summed E-state index contributed by atoms with van der Waals surface area (Å²) in [5.41, 5.74) is 2.08. The maximum absolute atomic E-state index is 12.8. The van der Waals surface area contributed by atoms with Crippen LogP contribution in [0.3, 0.4) is 0 Å². The topological polar surface area (TPSA) is 93.5 Å². The van der Waals surface area contributed by atoms with Crippen LogP contribution < -0.4 is 10.1 Å². The zero-order valence-corrected chi connectivity index (χ0v) is 19.1. The molecule has 3 rings (SSSR count). The highest BCUT2D eigenvalue weighted by Crippen LogP contribution is 2.23. The van der Waals surface area contributed by atoms with E-state index in [-0.39, 0.29) is 17.2 Å². The number of benzene rings is 2. The summed E-state index contributed by atoms with van der Waals surface area (Å²) in [7, 11) is -0.114. The molecule has 0 aliphatic rings. The molecule has 3 aromatic rings. The van der Waals surface area contributed by atoms with Crippen molar-refractivity contribution in [3.8, 4) is 5.75 Å². The van der Waals surface area contributed by atoms with E-state index in [0.29, 0.717) is 42.3 Å². The Balaban J connectivity index is 1.75. The number of fused-ring (bicyclic) bond motifs is 1. The number of sulfonamides is 1. The van der Waals surface area contributed by atoms with E-state index in [1.165, 1.54) is 4.31 Å². The first-order valence-corrected chi connectivity index (χ1v) is 11.6. The normalized spacial score (nSPS) is 11.8. The Hall–Kier alpha value is -2.91. The van der Waals surface area contributed by atoms with E-state index in [1.807, 2.05) is 37.6 Å². The first kappa shape index (κ1) is 22.8. The molecule has 0 bridgehead atoms. The first-order valence-electron chi connectivity index (χ1n) is 10.2. The van der Waals surface area contributed by atoms with Gasteiger partial charge in [0, 0.05) is 44.7 Å². The lowest BCUT2D eigenvalue weighted by atomic mass is 10.2. The van der Waals surface area contributed by atoms with Crippen LogP contribution >= 0.6 is 0 Å². The average molecular weight is 445 g/mol. The maximum atomic E-state index is 12.8. The van der Waals surface area contributed by atoms with Crippen molar-refractivity contribution in [3.05, 3.63) is 48.3 Å². The summed E-state index contributed by atoms with van der Waals surface area (Å²) in [6, 6.07) is 12.1. The van der Waals surface area contributed by atoms with Crippen molar-refractivity contribution in [2.45, 2.75) is 31.6 Å². The van der Waals surface area contributed by atoms with Gasteiger partial charge in [0.05, 0.1) is 23.0 Å². The van der Waals surface area contributed by atoms with Gasteiger partial charge in [-0.05, 0) is 30.3 Å². The van der Waals surface area contributed by atoms with Gasteiger partial charge in [-0.2, -0.15) is 4.31 Å². The average Bonchev–Trinajstić information content (AvgIpc) is 3.08. The van der Waals surface area contributed by atoms with Gasteiger partial charge in [0.1, 0.15) is 11.6 Å². The number of nitrogens with zero attached hydrogens (tertiary/aromatic N) is 3. The fourth-order valence-corrected chi connectivity index (χ4v) is 4.95. The fourth-order valence-electron chi connectivity index (χ4n) is 3.48. The summed E-state index contributed by atoms with van der Waals surface area (Å²) in [6.07, 6.45) is 0.679. The number of imidazole rings is 1. The van der Waals surface area contributed by atoms with Crippen molar-refractivity contribution in [2.75, 3.05) is 25.5 Å². The number of methoxy groups -OCH3 is 1. The monoisotopic (exact) mass is 444 g/mol. The lowest BCUT2D eigenvalue weighted by Gasteiger charge is -2.18. The van der Waals surface area contributed by atoms with E-state index >= 15 is 0 Å². The number of ether oxygens (including phenoxy) is 1. The molecule has 0 unspecified atom stereocenters. The zero-order valence-electron chi connectivity index (χ0n) is 18.3. The number of rotatable bonds is 9. The summed E-state index contributed by atoms with van der Waals surface area (Å²) in [5.74, 6) is 1.25. The van der Waals surface area contributed by atoms with Crippen LogP contribution in [0.1, 0.15) is 26.1 Å². The van der Waals surface area contributed by atoms with E-state index in [2.05, 4.69) is 10.3 Å². The fraction of sp³-hybridized carbons (Fsp3) is 0.364. The Kier molecular flexibility index (Phi) is 6.97. The number of hydrogen-bond donors (Lipinski definition) is 1. The van der Waals surface area contributed by atoms with Crippen LogP contribution in [0.4, 0.5) is 5.69 Å². The molecular formula is C22H28N4O4S. The number of carbonyl (C=O) groups is 1. The lowest BCUT2D eigenvalue weighted by Crippen LogP contribution is -2.30. The minimum absolute atomic E-state index is 0.134. The van der Waals surface area contributed by atoms with Crippen LogP contribution in [-0.4, -0.2) is 48.4 Å². The highest BCUT2D eigenvalue weighted by atomic mass is 32.2. The van der Waals surface area contributed by atoms with Crippen LogP contribution in [0.15, 0.2) is 47.4 Å². The molecule has 0 aliphatic carbocycles. The van der Waals surface area contributed by atoms with Gasteiger partial charge in [-0.15, -0.1) is 0 Å². The van der Waals surface area contributed by atoms with Crippen molar-refractivity contribution in [2.24, 2.45) is 7.05 Å². The van der Waals surface area contributed by atoms with Crippen molar-refractivity contribution in [3.63, 3.8) is 0 Å². The third kappa shape index (κ3) is 4.88. The van der Waals surface area contributed by atoms with E-state index < -0.39 is 10.0 Å². The van der Waals surface area contributed by atoms with Gasteiger partial charge in [0.2, 0.25) is 15.9 Å². The van der Waals surface area contributed by atoms with Crippen LogP contribution in [0.5, 0.6) is 5.75 Å².